The number of nitrogens with one attached hydrogen (secondary N) is 3. The third-order valence-electron chi connectivity index (χ3n) is 11.6. The SMILES string of the molecule is C=C[C@@H]1C[C@]1(NC(=O)[C@@H]1C[C@@H](Oc2cc(-c3csc(NC(C)C)n3)nc3cc(OC)ccc23)CN1C(=O)[C@@H](NC(=O)OC1CCCC1)C(C)(C)C)P(=O)(O)Oc1cccc(C)c1. The number of rotatable bonds is 15. The fraction of sp³-hybridized carbons (Fsp3) is 0.489. The Morgan fingerprint density at radius 1 is 1.05 bits per heavy atom. The summed E-state index contributed by atoms with van der Waals surface area (Å²) in [6, 6.07) is 11.9. The number of hydrogen-bond acceptors (Lipinski definition) is 12. The first-order chi connectivity index (χ1) is 29.4. The molecule has 2 aromatic heterocycles. The van der Waals surface area contributed by atoms with Crippen LogP contribution in [-0.2, 0) is 18.9 Å². The highest BCUT2D eigenvalue weighted by molar-refractivity contribution is 7.55. The van der Waals surface area contributed by atoms with E-state index >= 15 is 0 Å². The molecule has 4 N–H and O–H groups in total. The second kappa shape index (κ2) is 17.9. The van der Waals surface area contributed by atoms with Crippen LogP contribution in [0.5, 0.6) is 17.2 Å². The lowest BCUT2D eigenvalue weighted by molar-refractivity contribution is -0.142. The largest absolute Gasteiger partial charge is 0.497 e. The number of carbonyl (C=O) groups is 3. The minimum Gasteiger partial charge on any atom is -0.497 e. The Morgan fingerprint density at radius 3 is 2.47 bits per heavy atom. The molecule has 332 valence electrons. The molecule has 1 unspecified atom stereocenters. The predicted octanol–water partition coefficient (Wildman–Crippen LogP) is 8.21. The lowest BCUT2D eigenvalue weighted by Gasteiger charge is -2.35. The number of pyridine rings is 1. The quantitative estimate of drug-likeness (QED) is 0.0662. The molecule has 1 aliphatic heterocycles. The number of ether oxygens (including phenoxy) is 3. The normalized spacial score (nSPS) is 22.7. The van der Waals surface area contributed by atoms with Gasteiger partial charge < -0.3 is 44.5 Å². The van der Waals surface area contributed by atoms with Crippen molar-refractivity contribution in [2.24, 2.45) is 11.3 Å². The Bertz CT molecular complexity index is 2380. The molecule has 15 nitrogen and oxygen atoms in total. The van der Waals surface area contributed by atoms with Crippen molar-refractivity contribution in [2.75, 3.05) is 19.0 Å². The number of hydrogen-bond donors (Lipinski definition) is 4. The maximum atomic E-state index is 14.9. The van der Waals surface area contributed by atoms with Crippen LogP contribution >= 0.6 is 18.9 Å². The zero-order valence-corrected chi connectivity index (χ0v) is 38.0. The average Bonchev–Trinajstić information content (AvgIpc) is 3.60. The number of alkyl carbamates (subject to hydrolysis) is 1. The summed E-state index contributed by atoms with van der Waals surface area (Å²) in [5.74, 6) is -0.567. The van der Waals surface area contributed by atoms with Gasteiger partial charge in [0.25, 0.3) is 0 Å². The van der Waals surface area contributed by atoms with E-state index in [1.165, 1.54) is 22.3 Å². The summed E-state index contributed by atoms with van der Waals surface area (Å²) in [4.78, 5) is 65.5. The van der Waals surface area contributed by atoms with Crippen LogP contribution in [0.25, 0.3) is 22.3 Å². The van der Waals surface area contributed by atoms with E-state index in [1.807, 2.05) is 59.1 Å². The summed E-state index contributed by atoms with van der Waals surface area (Å²) in [6.45, 7) is 15.2. The number of likely N-dealkylation sites (tertiary alicyclic amines) is 1. The van der Waals surface area contributed by atoms with Crippen LogP contribution in [0.2, 0.25) is 0 Å². The van der Waals surface area contributed by atoms with Gasteiger partial charge in [-0.25, -0.2) is 19.3 Å². The second-order valence-electron chi connectivity index (χ2n) is 17.9. The molecule has 2 aliphatic carbocycles. The van der Waals surface area contributed by atoms with Crippen molar-refractivity contribution < 1.29 is 42.6 Å². The summed E-state index contributed by atoms with van der Waals surface area (Å²) in [5, 5.41) is 10.6. The minimum absolute atomic E-state index is 0.0126. The van der Waals surface area contributed by atoms with Crippen LogP contribution in [0.4, 0.5) is 9.93 Å². The summed E-state index contributed by atoms with van der Waals surface area (Å²) in [7, 11) is -3.03. The molecule has 0 bridgehead atoms. The maximum absolute atomic E-state index is 14.9. The number of fused-ring (bicyclic) bond motifs is 1. The molecule has 62 heavy (non-hydrogen) atoms. The van der Waals surface area contributed by atoms with Gasteiger partial charge in [0.15, 0.2) is 10.4 Å². The molecule has 3 aliphatic rings. The number of nitrogens with zero attached hydrogens (tertiary/aromatic N) is 3. The van der Waals surface area contributed by atoms with E-state index in [-0.39, 0.29) is 37.3 Å². The molecule has 6 atom stereocenters. The van der Waals surface area contributed by atoms with Gasteiger partial charge in [-0.15, -0.1) is 17.9 Å². The maximum Gasteiger partial charge on any atom is 0.408 e. The van der Waals surface area contributed by atoms with E-state index < -0.39 is 60.3 Å². The van der Waals surface area contributed by atoms with Crippen molar-refractivity contribution in [3.63, 3.8) is 0 Å². The second-order valence-corrected chi connectivity index (χ2v) is 20.7. The lowest BCUT2D eigenvalue weighted by atomic mass is 9.85. The van der Waals surface area contributed by atoms with E-state index in [2.05, 4.69) is 22.5 Å². The summed E-state index contributed by atoms with van der Waals surface area (Å²) < 4.78 is 37.9. The first-order valence-electron chi connectivity index (χ1n) is 21.1. The summed E-state index contributed by atoms with van der Waals surface area (Å²) >= 11 is 1.45. The van der Waals surface area contributed by atoms with Gasteiger partial charge in [0, 0.05) is 41.3 Å². The monoisotopic (exact) mass is 888 g/mol. The van der Waals surface area contributed by atoms with Crippen molar-refractivity contribution in [2.45, 2.75) is 116 Å². The molecule has 0 spiro atoms. The summed E-state index contributed by atoms with van der Waals surface area (Å²) in [6.07, 6.45) is 3.36. The van der Waals surface area contributed by atoms with Crippen LogP contribution in [0.3, 0.4) is 0 Å². The van der Waals surface area contributed by atoms with Crippen molar-refractivity contribution in [3.8, 4) is 28.6 Å². The molecule has 2 aromatic carbocycles. The van der Waals surface area contributed by atoms with E-state index in [9.17, 15) is 23.8 Å². The molecule has 17 heteroatoms. The molecule has 3 amide bonds. The molecule has 1 saturated heterocycles. The number of amides is 3. The van der Waals surface area contributed by atoms with Gasteiger partial charge in [0.1, 0.15) is 47.2 Å². The summed E-state index contributed by atoms with van der Waals surface area (Å²) in [5.41, 5.74) is 1.77. The standard InChI is InChI=1S/C45H57N6O9PS/c1-9-28-23-45(28,61(55,56)60-31-16-12-13-27(4)19-31)50-40(52)37-21-32(24-51(37)41(53)39(44(5,6)7)49-43(54)59-29-14-10-11-15-29)58-38-22-35(36-25-62-42(48-36)46-26(2)3)47-34-20-30(57-8)17-18-33(34)38/h9,12-13,16-20,22,25-26,28-29,32,37,39H,1,10-11,14-15,21,23-24H2,2-8H3,(H,46,48)(H,49,54)(H,50,52)(H,55,56)/t28-,32-,37+,39-,45+/m1/s1. The molecular weight excluding hydrogens is 832 g/mol. The van der Waals surface area contributed by atoms with Gasteiger partial charge in [0.2, 0.25) is 11.8 Å². The van der Waals surface area contributed by atoms with Crippen LogP contribution < -0.4 is 29.9 Å². The van der Waals surface area contributed by atoms with E-state index in [0.717, 1.165) is 36.4 Å². The fourth-order valence-electron chi connectivity index (χ4n) is 8.20. The van der Waals surface area contributed by atoms with Gasteiger partial charge in [-0.2, -0.15) is 0 Å². The highest BCUT2D eigenvalue weighted by atomic mass is 32.1. The number of thiazole rings is 1. The Labute approximate surface area is 366 Å². The van der Waals surface area contributed by atoms with E-state index in [4.69, 9.17) is 28.7 Å². The number of carbonyl (C=O) groups excluding carboxylic acids is 3. The smallest absolute Gasteiger partial charge is 0.408 e. The van der Waals surface area contributed by atoms with Crippen LogP contribution in [0, 0.1) is 18.3 Å². The number of benzene rings is 2. The van der Waals surface area contributed by atoms with Crippen molar-refractivity contribution in [3.05, 3.63) is 72.1 Å². The molecule has 7 rings (SSSR count). The van der Waals surface area contributed by atoms with Crippen LogP contribution in [0.15, 0.2) is 66.6 Å². The van der Waals surface area contributed by atoms with Gasteiger partial charge >= 0.3 is 13.7 Å². The Kier molecular flexibility index (Phi) is 12.9. The third kappa shape index (κ3) is 9.72. The fourth-order valence-corrected chi connectivity index (χ4v) is 10.8. The zero-order chi connectivity index (χ0) is 44.6. The number of methoxy groups -OCH3 is 1. The lowest BCUT2D eigenvalue weighted by Crippen LogP contribution is -2.58. The van der Waals surface area contributed by atoms with Crippen LogP contribution in [0.1, 0.15) is 78.7 Å². The highest BCUT2D eigenvalue weighted by Gasteiger charge is 2.68. The number of aryl methyl sites for hydroxylation is 1. The van der Waals surface area contributed by atoms with Gasteiger partial charge in [-0.3, -0.25) is 9.59 Å². The molecule has 0 radical (unpaired) electrons. The van der Waals surface area contributed by atoms with E-state index in [1.54, 1.807) is 43.5 Å². The van der Waals surface area contributed by atoms with Crippen molar-refractivity contribution in [1.29, 1.82) is 0 Å². The van der Waals surface area contributed by atoms with Crippen molar-refractivity contribution in [1.82, 2.24) is 25.5 Å². The Hall–Kier alpha value is -5.18. The van der Waals surface area contributed by atoms with E-state index in [0.29, 0.717) is 33.8 Å². The topological polar surface area (TPSA) is 191 Å². The number of aromatic nitrogens is 2. The Morgan fingerprint density at radius 2 is 1.81 bits per heavy atom. The van der Waals surface area contributed by atoms with Gasteiger partial charge in [0.05, 0.1) is 24.9 Å². The molecule has 3 fully saturated rings. The zero-order valence-electron chi connectivity index (χ0n) is 36.3. The molecule has 3 heterocycles. The third-order valence-corrected chi connectivity index (χ3v) is 14.4. The molecular formula is C45H57N6O9PS. The average molecular weight is 889 g/mol. The van der Waals surface area contributed by atoms with Crippen LogP contribution in [-0.4, -0.2) is 86.9 Å². The number of anilines is 1. The predicted molar refractivity (Wildman–Crippen MR) is 239 cm³/mol. The van der Waals surface area contributed by atoms with Crippen molar-refractivity contribution >= 4 is 52.9 Å². The first-order valence-corrected chi connectivity index (χ1v) is 23.5. The van der Waals surface area contributed by atoms with Gasteiger partial charge in [-0.05, 0) is 88.1 Å². The minimum atomic E-state index is -4.60. The molecule has 4 aromatic rings. The highest BCUT2D eigenvalue weighted by Crippen LogP contribution is 2.69. The molecule has 2 saturated carbocycles. The first kappa shape index (κ1) is 44.9. The Balaban J connectivity index is 1.22. The van der Waals surface area contributed by atoms with Gasteiger partial charge in [-0.1, -0.05) is 39.0 Å².